The van der Waals surface area contributed by atoms with Gasteiger partial charge in [0.2, 0.25) is 0 Å². The molecule has 86 valence electrons. The molecule has 0 saturated heterocycles. The average Bonchev–Trinajstić information content (AvgIpc) is 2.17. The summed E-state index contributed by atoms with van der Waals surface area (Å²) in [7, 11) is 0. The van der Waals surface area contributed by atoms with Gasteiger partial charge in [0, 0.05) is 0 Å². The highest BCUT2D eigenvalue weighted by molar-refractivity contribution is 4.57. The average molecular weight is 203 g/mol. The second-order valence-corrected chi connectivity index (χ2v) is 4.08. The summed E-state index contributed by atoms with van der Waals surface area (Å²) in [6.45, 7) is 2.71. The number of nitrogens with two attached hydrogens (primary N) is 1. The molecule has 1 unspecified atom stereocenters. The fourth-order valence-corrected chi connectivity index (χ4v) is 1.65. The van der Waals surface area contributed by atoms with Gasteiger partial charge < -0.3 is 5.73 Å². The van der Waals surface area contributed by atoms with Crippen LogP contribution in [0.5, 0.6) is 0 Å². The van der Waals surface area contributed by atoms with Gasteiger partial charge >= 0.3 is 0 Å². The highest BCUT2D eigenvalue weighted by Gasteiger charge is 2.03. The predicted molar refractivity (Wildman–Crippen MR) is 61.2 cm³/mol. The molecule has 0 aliphatic heterocycles. The molecule has 0 radical (unpaired) electrons. The van der Waals surface area contributed by atoms with Gasteiger partial charge in [-0.05, 0) is 19.4 Å². The van der Waals surface area contributed by atoms with E-state index in [1.54, 1.807) is 0 Å². The Morgan fingerprint density at radius 3 is 2.07 bits per heavy atom. The normalized spacial score (nSPS) is 13.1. The highest BCUT2D eigenvalue weighted by atomic mass is 19.1. The van der Waals surface area contributed by atoms with Crippen LogP contribution in [0.3, 0.4) is 0 Å². The maximum Gasteiger partial charge on any atom is 0.101 e. The van der Waals surface area contributed by atoms with Crippen molar-refractivity contribution in [1.29, 1.82) is 0 Å². The molecule has 2 N–H and O–H groups in total. The molecule has 0 aromatic carbocycles. The van der Waals surface area contributed by atoms with E-state index < -0.39 is 6.17 Å². The summed E-state index contributed by atoms with van der Waals surface area (Å²) in [5.74, 6) is 0. The van der Waals surface area contributed by atoms with Crippen molar-refractivity contribution >= 4 is 0 Å². The topological polar surface area (TPSA) is 26.0 Å². The third-order valence-corrected chi connectivity index (χ3v) is 2.60. The molecule has 0 aliphatic carbocycles. The Balaban J connectivity index is 2.98. The number of rotatable bonds is 10. The SMILES string of the molecule is CCCCCCCCCC(F)CCN. The van der Waals surface area contributed by atoms with E-state index in [1.807, 2.05) is 0 Å². The first-order valence-corrected chi connectivity index (χ1v) is 6.15. The van der Waals surface area contributed by atoms with E-state index >= 15 is 0 Å². The Bertz CT molecular complexity index is 106. The van der Waals surface area contributed by atoms with Gasteiger partial charge in [-0.25, -0.2) is 4.39 Å². The highest BCUT2D eigenvalue weighted by Crippen LogP contribution is 2.12. The number of alkyl halides is 1. The molecule has 0 aromatic rings. The third kappa shape index (κ3) is 9.97. The van der Waals surface area contributed by atoms with E-state index in [1.165, 1.54) is 38.5 Å². The molecule has 0 amide bonds. The molecule has 0 bridgehead atoms. The van der Waals surface area contributed by atoms with E-state index in [4.69, 9.17) is 5.73 Å². The van der Waals surface area contributed by atoms with Gasteiger partial charge in [0.05, 0.1) is 0 Å². The molecule has 14 heavy (non-hydrogen) atoms. The lowest BCUT2D eigenvalue weighted by Gasteiger charge is -2.05. The molecule has 0 spiro atoms. The van der Waals surface area contributed by atoms with E-state index in [-0.39, 0.29) is 0 Å². The summed E-state index contributed by atoms with van der Waals surface area (Å²) in [6, 6.07) is 0. The molecular formula is C12H26FN. The van der Waals surface area contributed by atoms with Crippen molar-refractivity contribution in [2.45, 2.75) is 70.9 Å². The van der Waals surface area contributed by atoms with E-state index in [9.17, 15) is 4.39 Å². The van der Waals surface area contributed by atoms with Gasteiger partial charge in [0.1, 0.15) is 6.17 Å². The van der Waals surface area contributed by atoms with Crippen molar-refractivity contribution in [2.24, 2.45) is 5.73 Å². The molecule has 0 rings (SSSR count). The van der Waals surface area contributed by atoms with Crippen LogP contribution in [-0.4, -0.2) is 12.7 Å². The Hall–Kier alpha value is -0.110. The first kappa shape index (κ1) is 13.9. The number of unbranched alkanes of at least 4 members (excludes halogenated alkanes) is 6. The van der Waals surface area contributed by atoms with Gasteiger partial charge in [-0.3, -0.25) is 0 Å². The van der Waals surface area contributed by atoms with Gasteiger partial charge in [0.15, 0.2) is 0 Å². The summed E-state index contributed by atoms with van der Waals surface area (Å²) in [6.07, 6.45) is 9.40. The maximum atomic E-state index is 13.0. The Morgan fingerprint density at radius 2 is 1.50 bits per heavy atom. The molecule has 1 atom stereocenters. The van der Waals surface area contributed by atoms with Crippen molar-refractivity contribution in [3.05, 3.63) is 0 Å². The van der Waals surface area contributed by atoms with Gasteiger partial charge in [-0.15, -0.1) is 0 Å². The van der Waals surface area contributed by atoms with Crippen molar-refractivity contribution in [1.82, 2.24) is 0 Å². The lowest BCUT2D eigenvalue weighted by Crippen LogP contribution is -2.08. The van der Waals surface area contributed by atoms with E-state index in [2.05, 4.69) is 6.92 Å². The molecule has 2 heteroatoms. The van der Waals surface area contributed by atoms with Crippen LogP contribution in [0, 0.1) is 0 Å². The van der Waals surface area contributed by atoms with Crippen molar-refractivity contribution < 1.29 is 4.39 Å². The second kappa shape index (κ2) is 11.0. The lowest BCUT2D eigenvalue weighted by atomic mass is 10.1. The smallest absolute Gasteiger partial charge is 0.101 e. The zero-order valence-electron chi connectivity index (χ0n) is 9.60. The maximum absolute atomic E-state index is 13.0. The fourth-order valence-electron chi connectivity index (χ4n) is 1.65. The minimum Gasteiger partial charge on any atom is -0.330 e. The van der Waals surface area contributed by atoms with Crippen LogP contribution in [-0.2, 0) is 0 Å². The number of hydrogen-bond acceptors (Lipinski definition) is 1. The summed E-state index contributed by atoms with van der Waals surface area (Å²) in [4.78, 5) is 0. The third-order valence-electron chi connectivity index (χ3n) is 2.60. The summed E-state index contributed by atoms with van der Waals surface area (Å²) < 4.78 is 13.0. The van der Waals surface area contributed by atoms with Crippen LogP contribution in [0.1, 0.15) is 64.7 Å². The zero-order chi connectivity index (χ0) is 10.6. The largest absolute Gasteiger partial charge is 0.330 e. The minimum atomic E-state index is -0.657. The minimum absolute atomic E-state index is 0.484. The van der Waals surface area contributed by atoms with Crippen LogP contribution >= 0.6 is 0 Å². The Morgan fingerprint density at radius 1 is 0.929 bits per heavy atom. The second-order valence-electron chi connectivity index (χ2n) is 4.08. The van der Waals surface area contributed by atoms with E-state index in [0.717, 1.165) is 6.42 Å². The summed E-state index contributed by atoms with van der Waals surface area (Å²) in [5.41, 5.74) is 5.27. The molecule has 0 fully saturated rings. The molecule has 0 aliphatic rings. The predicted octanol–water partition coefficient (Wildman–Crippen LogP) is 3.81. The van der Waals surface area contributed by atoms with Crippen molar-refractivity contribution in [2.75, 3.05) is 6.54 Å². The van der Waals surface area contributed by atoms with Crippen molar-refractivity contribution in [3.63, 3.8) is 0 Å². The zero-order valence-corrected chi connectivity index (χ0v) is 9.60. The first-order chi connectivity index (χ1) is 6.81. The van der Waals surface area contributed by atoms with Crippen molar-refractivity contribution in [3.8, 4) is 0 Å². The monoisotopic (exact) mass is 203 g/mol. The van der Waals surface area contributed by atoms with Crippen LogP contribution in [0.15, 0.2) is 0 Å². The quantitative estimate of drug-likeness (QED) is 0.537. The lowest BCUT2D eigenvalue weighted by molar-refractivity contribution is 0.290. The molecular weight excluding hydrogens is 177 g/mol. The molecule has 0 saturated carbocycles. The summed E-state index contributed by atoms with van der Waals surface area (Å²) in [5, 5.41) is 0. The van der Waals surface area contributed by atoms with Crippen LogP contribution in [0.25, 0.3) is 0 Å². The van der Waals surface area contributed by atoms with Crippen LogP contribution in [0.4, 0.5) is 4.39 Å². The molecule has 0 heterocycles. The van der Waals surface area contributed by atoms with Crippen LogP contribution in [0.2, 0.25) is 0 Å². The number of halogens is 1. The number of hydrogen-bond donors (Lipinski definition) is 1. The molecule has 0 aromatic heterocycles. The Kier molecular flexibility index (Phi) is 10.9. The van der Waals surface area contributed by atoms with E-state index in [0.29, 0.717) is 19.4 Å². The first-order valence-electron chi connectivity index (χ1n) is 6.15. The van der Waals surface area contributed by atoms with Gasteiger partial charge in [-0.1, -0.05) is 51.9 Å². The fraction of sp³-hybridized carbons (Fsp3) is 1.00. The standard InChI is InChI=1S/C12H26FN/c1-2-3-4-5-6-7-8-9-12(13)10-11-14/h12H,2-11,14H2,1H3. The Labute approximate surface area is 88.3 Å². The van der Waals surface area contributed by atoms with Gasteiger partial charge in [0.25, 0.3) is 0 Å². The summed E-state index contributed by atoms with van der Waals surface area (Å²) >= 11 is 0. The molecule has 1 nitrogen and oxygen atoms in total. The van der Waals surface area contributed by atoms with Gasteiger partial charge in [-0.2, -0.15) is 0 Å². The van der Waals surface area contributed by atoms with Crippen LogP contribution < -0.4 is 5.73 Å².